The first-order valence-electron chi connectivity index (χ1n) is 13.2. The van der Waals surface area contributed by atoms with Crippen molar-refractivity contribution in [2.75, 3.05) is 15.5 Å². The average molecular weight is 508 g/mol. The Labute approximate surface area is 231 Å². The van der Waals surface area contributed by atoms with Crippen LogP contribution in [0.2, 0.25) is 0 Å². The van der Waals surface area contributed by atoms with Crippen molar-refractivity contribution in [3.05, 3.63) is 164 Å². The molecule has 0 saturated carbocycles. The smallest absolute Gasteiger partial charge is 0.0717 e. The van der Waals surface area contributed by atoms with E-state index in [-0.39, 0.29) is 0 Å². The largest absolute Gasteiger partial charge is 0.355 e. The van der Waals surface area contributed by atoms with Crippen LogP contribution in [0, 0.1) is 0 Å². The van der Waals surface area contributed by atoms with Crippen LogP contribution in [-0.4, -0.2) is 0 Å². The molecule has 5 aromatic carbocycles. The van der Waals surface area contributed by atoms with Crippen molar-refractivity contribution in [3.8, 4) is 0 Å². The Morgan fingerprint density at radius 2 is 1.00 bits per heavy atom. The Hall–Kier alpha value is -5.02. The van der Waals surface area contributed by atoms with E-state index in [4.69, 9.17) is 0 Å². The van der Waals surface area contributed by atoms with Crippen molar-refractivity contribution < 1.29 is 0 Å². The zero-order valence-electron chi connectivity index (χ0n) is 22.1. The summed E-state index contributed by atoms with van der Waals surface area (Å²) in [5.41, 5.74) is 9.74. The van der Waals surface area contributed by atoms with Crippen LogP contribution < -0.4 is 15.5 Å². The van der Waals surface area contributed by atoms with Crippen molar-refractivity contribution in [2.24, 2.45) is 0 Å². The maximum atomic E-state index is 3.89. The van der Waals surface area contributed by atoms with Crippen LogP contribution in [-0.2, 0) is 12.8 Å². The molecule has 0 bridgehead atoms. The molecule has 0 amide bonds. The number of anilines is 7. The van der Waals surface area contributed by atoms with Crippen molar-refractivity contribution in [2.45, 2.75) is 12.8 Å². The van der Waals surface area contributed by atoms with E-state index in [1.54, 1.807) is 0 Å². The van der Waals surface area contributed by atoms with Crippen LogP contribution >= 0.6 is 0 Å². The molecule has 0 radical (unpaired) electrons. The third-order valence-corrected chi connectivity index (χ3v) is 6.50. The van der Waals surface area contributed by atoms with Gasteiger partial charge in [-0.3, -0.25) is 0 Å². The molecule has 3 nitrogen and oxygen atoms in total. The van der Waals surface area contributed by atoms with Crippen molar-refractivity contribution in [3.63, 3.8) is 0 Å². The fourth-order valence-corrected chi connectivity index (χ4v) is 4.59. The van der Waals surface area contributed by atoms with Crippen LogP contribution in [0.5, 0.6) is 0 Å². The molecule has 0 fully saturated rings. The van der Waals surface area contributed by atoms with E-state index in [0.717, 1.165) is 52.7 Å². The number of hydrogen-bond acceptors (Lipinski definition) is 3. The standard InChI is InChI=1S/C36H33N3/c1-3-11-28-17-22-33(23-18-28)39(34-24-19-29(12-4-2)20-25-34)36-27-32(37-30-13-7-5-8-14-30)21-26-35(36)38-31-15-9-6-10-16-31/h3-10,13-27,37-38H,1-2,11-12H2. The first-order valence-corrected chi connectivity index (χ1v) is 13.2. The minimum atomic E-state index is 0.841. The fourth-order valence-electron chi connectivity index (χ4n) is 4.59. The summed E-state index contributed by atoms with van der Waals surface area (Å²) in [5, 5.41) is 7.22. The summed E-state index contributed by atoms with van der Waals surface area (Å²) in [6.45, 7) is 7.79. The number of para-hydroxylation sites is 2. The van der Waals surface area contributed by atoms with Crippen LogP contribution in [0.1, 0.15) is 11.1 Å². The van der Waals surface area contributed by atoms with E-state index < -0.39 is 0 Å². The minimum Gasteiger partial charge on any atom is -0.355 e. The lowest BCUT2D eigenvalue weighted by Crippen LogP contribution is -2.12. The van der Waals surface area contributed by atoms with Gasteiger partial charge in [-0.05, 0) is 90.7 Å². The first-order chi connectivity index (χ1) is 19.2. The third kappa shape index (κ3) is 6.46. The lowest BCUT2D eigenvalue weighted by molar-refractivity contribution is 1.22. The number of rotatable bonds is 11. The summed E-state index contributed by atoms with van der Waals surface area (Å²) >= 11 is 0. The summed E-state index contributed by atoms with van der Waals surface area (Å²) < 4.78 is 0. The van der Waals surface area contributed by atoms with Crippen LogP contribution in [0.3, 0.4) is 0 Å². The van der Waals surface area contributed by atoms with Gasteiger partial charge >= 0.3 is 0 Å². The summed E-state index contributed by atoms with van der Waals surface area (Å²) in [5.74, 6) is 0. The highest BCUT2D eigenvalue weighted by Crippen LogP contribution is 2.42. The molecule has 0 aliphatic heterocycles. The highest BCUT2D eigenvalue weighted by atomic mass is 15.2. The Bertz CT molecular complexity index is 1450. The van der Waals surface area contributed by atoms with Crippen LogP contribution in [0.25, 0.3) is 0 Å². The molecular weight excluding hydrogens is 474 g/mol. The van der Waals surface area contributed by atoms with Crippen molar-refractivity contribution >= 4 is 39.8 Å². The number of allylic oxidation sites excluding steroid dienone is 2. The van der Waals surface area contributed by atoms with Crippen LogP contribution in [0.4, 0.5) is 39.8 Å². The van der Waals surface area contributed by atoms with Gasteiger partial charge in [-0.1, -0.05) is 72.8 Å². The van der Waals surface area contributed by atoms with E-state index >= 15 is 0 Å². The van der Waals surface area contributed by atoms with Crippen LogP contribution in [0.15, 0.2) is 153 Å². The molecule has 0 unspecified atom stereocenters. The molecule has 5 aromatic rings. The van der Waals surface area contributed by atoms with Gasteiger partial charge in [-0.2, -0.15) is 0 Å². The highest BCUT2D eigenvalue weighted by molar-refractivity contribution is 5.89. The SMILES string of the molecule is C=CCc1ccc(N(c2ccc(CC=C)cc2)c2cc(Nc3ccccc3)ccc2Nc2ccccc2)cc1. The molecule has 39 heavy (non-hydrogen) atoms. The number of nitrogens with zero attached hydrogens (tertiary/aromatic N) is 1. The molecule has 0 aliphatic carbocycles. The maximum Gasteiger partial charge on any atom is 0.0717 e. The molecule has 0 aliphatic rings. The normalized spacial score (nSPS) is 10.5. The fraction of sp³-hybridized carbons (Fsp3) is 0.0556. The zero-order chi connectivity index (χ0) is 26.9. The number of benzene rings is 5. The second kappa shape index (κ2) is 12.5. The lowest BCUT2D eigenvalue weighted by Gasteiger charge is -2.29. The minimum absolute atomic E-state index is 0.841. The molecular formula is C36H33N3. The second-order valence-electron chi connectivity index (χ2n) is 9.37. The highest BCUT2D eigenvalue weighted by Gasteiger charge is 2.18. The summed E-state index contributed by atoms with van der Waals surface area (Å²) in [4.78, 5) is 2.30. The third-order valence-electron chi connectivity index (χ3n) is 6.50. The van der Waals surface area contributed by atoms with Gasteiger partial charge in [0.1, 0.15) is 0 Å². The van der Waals surface area contributed by atoms with Gasteiger partial charge in [-0.15, -0.1) is 13.2 Å². The molecule has 0 atom stereocenters. The topological polar surface area (TPSA) is 27.3 Å². The Morgan fingerprint density at radius 1 is 0.513 bits per heavy atom. The predicted molar refractivity (Wildman–Crippen MR) is 168 cm³/mol. The maximum absolute atomic E-state index is 3.89. The summed E-state index contributed by atoms with van der Waals surface area (Å²) in [6, 6.07) is 44.4. The van der Waals surface area contributed by atoms with Gasteiger partial charge in [0.15, 0.2) is 0 Å². The lowest BCUT2D eigenvalue weighted by atomic mass is 10.1. The molecule has 0 saturated heterocycles. The zero-order valence-corrected chi connectivity index (χ0v) is 22.1. The predicted octanol–water partition coefficient (Wildman–Crippen LogP) is 10.1. The van der Waals surface area contributed by atoms with E-state index in [1.807, 2.05) is 48.6 Å². The molecule has 5 rings (SSSR count). The summed E-state index contributed by atoms with van der Waals surface area (Å²) in [7, 11) is 0. The van der Waals surface area contributed by atoms with E-state index in [2.05, 4.69) is 120 Å². The summed E-state index contributed by atoms with van der Waals surface area (Å²) in [6.07, 6.45) is 5.55. The van der Waals surface area contributed by atoms with Crippen molar-refractivity contribution in [1.29, 1.82) is 0 Å². The van der Waals surface area contributed by atoms with Gasteiger partial charge < -0.3 is 15.5 Å². The molecule has 0 aromatic heterocycles. The monoisotopic (exact) mass is 507 g/mol. The Balaban J connectivity index is 1.64. The number of nitrogens with one attached hydrogen (secondary N) is 2. The quantitative estimate of drug-likeness (QED) is 0.174. The molecule has 0 spiro atoms. The first kappa shape index (κ1) is 25.6. The van der Waals surface area contributed by atoms with E-state index in [9.17, 15) is 0 Å². The van der Waals surface area contributed by atoms with Gasteiger partial charge in [-0.25, -0.2) is 0 Å². The van der Waals surface area contributed by atoms with Gasteiger partial charge in [0.2, 0.25) is 0 Å². The average Bonchev–Trinajstić information content (AvgIpc) is 2.98. The molecule has 3 heteroatoms. The van der Waals surface area contributed by atoms with Gasteiger partial charge in [0.05, 0.1) is 11.4 Å². The Kier molecular flexibility index (Phi) is 8.20. The Morgan fingerprint density at radius 3 is 1.49 bits per heavy atom. The molecule has 0 heterocycles. The molecule has 192 valence electrons. The van der Waals surface area contributed by atoms with E-state index in [0.29, 0.717) is 0 Å². The second-order valence-corrected chi connectivity index (χ2v) is 9.37. The molecule has 2 N–H and O–H groups in total. The van der Waals surface area contributed by atoms with Crippen molar-refractivity contribution in [1.82, 2.24) is 0 Å². The van der Waals surface area contributed by atoms with Gasteiger partial charge in [0, 0.05) is 28.4 Å². The van der Waals surface area contributed by atoms with Gasteiger partial charge in [0.25, 0.3) is 0 Å². The van der Waals surface area contributed by atoms with E-state index in [1.165, 1.54) is 11.1 Å². The number of hydrogen-bond donors (Lipinski definition) is 2.